The second-order valence-electron chi connectivity index (χ2n) is 7.50. The van der Waals surface area contributed by atoms with Crippen LogP contribution in [0, 0.1) is 20.8 Å². The maximum atomic E-state index is 12.5. The standard InChI is InChI=1S/C23H25N7O/c1-15-13-16(2)26-23(25-15)24-12-6-9-22(31)28-21-14-17(3)29-30(21)20-11-10-18-7-4-5-8-19(18)27-20/h4-5,7-8,10-11,13-14H,6,9,12H2,1-3H3,(H,28,31)(H,24,25,26). The van der Waals surface area contributed by atoms with Crippen LogP contribution in [-0.4, -0.2) is 37.2 Å². The number of hydrogen-bond donors (Lipinski definition) is 2. The molecule has 0 saturated heterocycles. The summed E-state index contributed by atoms with van der Waals surface area (Å²) in [4.78, 5) is 25.9. The van der Waals surface area contributed by atoms with E-state index in [-0.39, 0.29) is 5.91 Å². The van der Waals surface area contributed by atoms with Gasteiger partial charge in [-0.2, -0.15) is 9.78 Å². The molecule has 2 N–H and O–H groups in total. The summed E-state index contributed by atoms with van der Waals surface area (Å²) >= 11 is 0. The molecule has 0 spiro atoms. The predicted molar refractivity (Wildman–Crippen MR) is 121 cm³/mol. The minimum Gasteiger partial charge on any atom is -0.354 e. The molecule has 3 heterocycles. The smallest absolute Gasteiger partial charge is 0.225 e. The first-order valence-electron chi connectivity index (χ1n) is 10.3. The zero-order chi connectivity index (χ0) is 21.8. The maximum absolute atomic E-state index is 12.5. The van der Waals surface area contributed by atoms with E-state index in [0.717, 1.165) is 28.0 Å². The number of pyridine rings is 1. The normalized spacial score (nSPS) is 10.9. The van der Waals surface area contributed by atoms with Crippen molar-refractivity contribution in [1.29, 1.82) is 0 Å². The number of benzene rings is 1. The van der Waals surface area contributed by atoms with Gasteiger partial charge in [0.15, 0.2) is 5.82 Å². The Bertz CT molecular complexity index is 1210. The number of anilines is 2. The molecule has 0 radical (unpaired) electrons. The Morgan fingerprint density at radius 1 is 0.935 bits per heavy atom. The van der Waals surface area contributed by atoms with Crippen molar-refractivity contribution in [2.45, 2.75) is 33.6 Å². The average molecular weight is 416 g/mol. The third kappa shape index (κ3) is 5.03. The van der Waals surface area contributed by atoms with E-state index in [2.05, 4.69) is 30.7 Å². The van der Waals surface area contributed by atoms with E-state index in [9.17, 15) is 4.79 Å². The van der Waals surface area contributed by atoms with Crippen LogP contribution in [0.4, 0.5) is 11.8 Å². The monoisotopic (exact) mass is 415 g/mol. The molecule has 4 aromatic rings. The number of fused-ring (bicyclic) bond motifs is 1. The van der Waals surface area contributed by atoms with E-state index in [1.54, 1.807) is 4.68 Å². The summed E-state index contributed by atoms with van der Waals surface area (Å²) < 4.78 is 1.67. The van der Waals surface area contributed by atoms with Crippen LogP contribution >= 0.6 is 0 Å². The number of carbonyl (C=O) groups is 1. The maximum Gasteiger partial charge on any atom is 0.225 e. The molecule has 1 aromatic carbocycles. The van der Waals surface area contributed by atoms with Crippen molar-refractivity contribution >= 4 is 28.6 Å². The zero-order valence-electron chi connectivity index (χ0n) is 17.9. The van der Waals surface area contributed by atoms with Crippen LogP contribution in [0.15, 0.2) is 48.5 Å². The summed E-state index contributed by atoms with van der Waals surface area (Å²) in [6, 6.07) is 15.6. The summed E-state index contributed by atoms with van der Waals surface area (Å²) in [7, 11) is 0. The largest absolute Gasteiger partial charge is 0.354 e. The van der Waals surface area contributed by atoms with Crippen molar-refractivity contribution in [3.8, 4) is 5.82 Å². The Morgan fingerprint density at radius 2 is 1.71 bits per heavy atom. The summed E-state index contributed by atoms with van der Waals surface area (Å²) in [6.07, 6.45) is 1.02. The molecule has 1 amide bonds. The highest BCUT2D eigenvalue weighted by Gasteiger charge is 2.12. The highest BCUT2D eigenvalue weighted by molar-refractivity contribution is 5.90. The van der Waals surface area contributed by atoms with Gasteiger partial charge in [-0.25, -0.2) is 15.0 Å². The van der Waals surface area contributed by atoms with Crippen LogP contribution in [0.2, 0.25) is 0 Å². The van der Waals surface area contributed by atoms with Crippen molar-refractivity contribution < 1.29 is 4.79 Å². The minimum absolute atomic E-state index is 0.0786. The van der Waals surface area contributed by atoms with Gasteiger partial charge in [-0.15, -0.1) is 0 Å². The van der Waals surface area contributed by atoms with Crippen LogP contribution < -0.4 is 10.6 Å². The van der Waals surface area contributed by atoms with Gasteiger partial charge in [0, 0.05) is 35.8 Å². The number of hydrogen-bond acceptors (Lipinski definition) is 6. The Hall–Kier alpha value is -3.81. The number of nitrogens with one attached hydrogen (secondary N) is 2. The molecule has 0 bridgehead atoms. The number of aromatic nitrogens is 5. The Balaban J connectivity index is 1.38. The molecule has 0 saturated carbocycles. The molecule has 0 aliphatic carbocycles. The second kappa shape index (κ2) is 8.91. The molecule has 3 aromatic heterocycles. The van der Waals surface area contributed by atoms with E-state index in [1.807, 2.05) is 69.3 Å². The predicted octanol–water partition coefficient (Wildman–Crippen LogP) is 3.97. The second-order valence-corrected chi connectivity index (χ2v) is 7.50. The molecule has 0 atom stereocenters. The molecule has 158 valence electrons. The van der Waals surface area contributed by atoms with E-state index in [4.69, 9.17) is 0 Å². The quantitative estimate of drug-likeness (QED) is 0.443. The number of nitrogens with zero attached hydrogens (tertiary/aromatic N) is 5. The molecule has 0 fully saturated rings. The number of rotatable bonds is 7. The van der Waals surface area contributed by atoms with E-state index in [1.165, 1.54) is 0 Å². The average Bonchev–Trinajstić information content (AvgIpc) is 3.10. The van der Waals surface area contributed by atoms with Crippen molar-refractivity contribution in [2.24, 2.45) is 0 Å². The lowest BCUT2D eigenvalue weighted by atomic mass is 10.2. The number of para-hydroxylation sites is 1. The Morgan fingerprint density at radius 3 is 2.52 bits per heavy atom. The first-order chi connectivity index (χ1) is 15.0. The molecule has 0 unspecified atom stereocenters. The van der Waals surface area contributed by atoms with Gasteiger partial charge in [-0.3, -0.25) is 4.79 Å². The van der Waals surface area contributed by atoms with Gasteiger partial charge in [0.2, 0.25) is 11.9 Å². The van der Waals surface area contributed by atoms with Gasteiger partial charge in [0.25, 0.3) is 0 Å². The highest BCUT2D eigenvalue weighted by Crippen LogP contribution is 2.19. The first kappa shape index (κ1) is 20.5. The fourth-order valence-electron chi connectivity index (χ4n) is 3.40. The molecular formula is C23H25N7O. The Labute approximate surface area is 180 Å². The summed E-state index contributed by atoms with van der Waals surface area (Å²) in [5.41, 5.74) is 3.52. The van der Waals surface area contributed by atoms with Crippen molar-refractivity contribution in [3.63, 3.8) is 0 Å². The summed E-state index contributed by atoms with van der Waals surface area (Å²) in [6.45, 7) is 6.37. The van der Waals surface area contributed by atoms with Gasteiger partial charge in [-0.05, 0) is 51.5 Å². The van der Waals surface area contributed by atoms with Gasteiger partial charge in [0.05, 0.1) is 11.2 Å². The van der Waals surface area contributed by atoms with Gasteiger partial charge in [0.1, 0.15) is 5.82 Å². The lowest BCUT2D eigenvalue weighted by molar-refractivity contribution is -0.116. The molecule has 0 aliphatic heterocycles. The van der Waals surface area contributed by atoms with Crippen molar-refractivity contribution in [1.82, 2.24) is 24.7 Å². The van der Waals surface area contributed by atoms with Crippen LogP contribution in [0.5, 0.6) is 0 Å². The fraction of sp³-hybridized carbons (Fsp3) is 0.261. The number of carbonyl (C=O) groups excluding carboxylic acids is 1. The lowest BCUT2D eigenvalue weighted by Gasteiger charge is -2.10. The number of aryl methyl sites for hydroxylation is 3. The summed E-state index contributed by atoms with van der Waals surface area (Å²) in [5.74, 6) is 1.78. The van der Waals surface area contributed by atoms with Crippen LogP contribution in [0.3, 0.4) is 0 Å². The van der Waals surface area contributed by atoms with Gasteiger partial charge >= 0.3 is 0 Å². The molecule has 8 nitrogen and oxygen atoms in total. The first-order valence-corrected chi connectivity index (χ1v) is 10.3. The van der Waals surface area contributed by atoms with Crippen LogP contribution in [0.25, 0.3) is 16.7 Å². The highest BCUT2D eigenvalue weighted by atomic mass is 16.1. The van der Waals surface area contributed by atoms with Gasteiger partial charge < -0.3 is 10.6 Å². The SMILES string of the molecule is Cc1cc(C)nc(NCCCC(=O)Nc2cc(C)nn2-c2ccc3ccccc3n2)n1. The fourth-order valence-corrected chi connectivity index (χ4v) is 3.40. The molecule has 31 heavy (non-hydrogen) atoms. The van der Waals surface area contributed by atoms with E-state index >= 15 is 0 Å². The topological polar surface area (TPSA) is 97.6 Å². The number of amides is 1. The van der Waals surface area contributed by atoms with E-state index < -0.39 is 0 Å². The van der Waals surface area contributed by atoms with Crippen LogP contribution in [0.1, 0.15) is 29.9 Å². The van der Waals surface area contributed by atoms with Crippen LogP contribution in [-0.2, 0) is 4.79 Å². The van der Waals surface area contributed by atoms with Gasteiger partial charge in [-0.1, -0.05) is 18.2 Å². The molecular weight excluding hydrogens is 390 g/mol. The molecule has 0 aliphatic rings. The van der Waals surface area contributed by atoms with E-state index in [0.29, 0.717) is 37.0 Å². The molecule has 8 heteroatoms. The molecule has 4 rings (SSSR count). The lowest BCUT2D eigenvalue weighted by Crippen LogP contribution is -2.17. The van der Waals surface area contributed by atoms with Crippen molar-refractivity contribution in [3.05, 3.63) is 65.6 Å². The third-order valence-corrected chi connectivity index (χ3v) is 4.75. The third-order valence-electron chi connectivity index (χ3n) is 4.75. The summed E-state index contributed by atoms with van der Waals surface area (Å²) in [5, 5.41) is 11.7. The minimum atomic E-state index is -0.0786. The Kier molecular flexibility index (Phi) is 5.88. The van der Waals surface area contributed by atoms with Crippen molar-refractivity contribution in [2.75, 3.05) is 17.2 Å². The zero-order valence-corrected chi connectivity index (χ0v) is 17.9.